The minimum atomic E-state index is -0.939. The summed E-state index contributed by atoms with van der Waals surface area (Å²) in [6.45, 7) is 10.7. The molecule has 1 saturated carbocycles. The number of fused-ring (bicyclic) bond motifs is 2. The van der Waals surface area contributed by atoms with Crippen molar-refractivity contribution in [2.75, 3.05) is 10.6 Å². The number of thiazole rings is 2. The van der Waals surface area contributed by atoms with Crippen LogP contribution in [0.4, 0.5) is 16.0 Å². The largest absolute Gasteiger partial charge is 0.342 e. The number of Topliss-reactive ketones (excluding diaryl/α,β-unsaturated/α-hetero) is 2. The van der Waals surface area contributed by atoms with Crippen LogP contribution in [0.15, 0.2) is 76.6 Å². The van der Waals surface area contributed by atoms with Gasteiger partial charge in [-0.25, -0.2) is 14.4 Å². The average Bonchev–Trinajstić information content (AvgIpc) is 3.71. The zero-order chi connectivity index (χ0) is 36.2. The van der Waals surface area contributed by atoms with Gasteiger partial charge in [0.1, 0.15) is 17.5 Å². The van der Waals surface area contributed by atoms with Crippen molar-refractivity contribution in [2.45, 2.75) is 109 Å². The van der Waals surface area contributed by atoms with Crippen LogP contribution in [0.1, 0.15) is 123 Å². The fraction of sp³-hybridized carbons (Fsp3) is 0.442. The van der Waals surface area contributed by atoms with Crippen LogP contribution >= 0.6 is 22.7 Å². The van der Waals surface area contributed by atoms with Gasteiger partial charge in [-0.3, -0.25) is 9.59 Å². The van der Waals surface area contributed by atoms with E-state index in [0.29, 0.717) is 61.4 Å². The third-order valence-electron chi connectivity index (χ3n) is 12.5. The van der Waals surface area contributed by atoms with Crippen molar-refractivity contribution in [2.24, 2.45) is 10.8 Å². The van der Waals surface area contributed by atoms with Gasteiger partial charge in [0.2, 0.25) is 0 Å². The van der Waals surface area contributed by atoms with Gasteiger partial charge < -0.3 is 10.6 Å². The van der Waals surface area contributed by atoms with Crippen LogP contribution in [-0.4, -0.2) is 21.5 Å². The summed E-state index contributed by atoms with van der Waals surface area (Å²) in [5, 5.41) is 8.13. The van der Waals surface area contributed by atoms with E-state index in [-0.39, 0.29) is 22.8 Å². The van der Waals surface area contributed by atoms with Crippen molar-refractivity contribution in [1.29, 1.82) is 0 Å². The SMILES string of the molecule is CCC1(c2cccc(C3CC3)c2)C2=C(CC(C)(Cc3nc4c(s3)C(CC)(c3ccccc3F)C3=C(CC(C)(C)CC3=O)N4)CC2=O)Nc2ncsc21. The highest BCUT2D eigenvalue weighted by molar-refractivity contribution is 7.12. The summed E-state index contributed by atoms with van der Waals surface area (Å²) in [6.07, 6.45) is 6.52. The molecule has 2 aromatic heterocycles. The Morgan fingerprint density at radius 1 is 0.827 bits per heavy atom. The summed E-state index contributed by atoms with van der Waals surface area (Å²) in [7, 11) is 0. The third kappa shape index (κ3) is 4.98. The molecule has 0 bridgehead atoms. The highest BCUT2D eigenvalue weighted by Gasteiger charge is 2.54. The van der Waals surface area contributed by atoms with E-state index in [1.54, 1.807) is 28.7 Å². The van der Waals surface area contributed by atoms with E-state index in [1.165, 1.54) is 30.0 Å². The molecule has 5 aliphatic rings. The molecule has 2 aromatic carbocycles. The summed E-state index contributed by atoms with van der Waals surface area (Å²) in [5.41, 5.74) is 6.26. The molecule has 0 spiro atoms. The standard InChI is InChI=1S/C43H45FN4O2S2/c1-6-42(26-12-10-11-25(17-26)24-15-16-24)34-30(46-38-36(42)51-23-45-38)19-41(5,21-32(34)50)22-33-48-39-37(52-33)43(7-2,27-13-8-9-14-28(27)44)35-29(47-39)18-40(3,4)20-31(35)49/h8-14,17,23-24,46-47H,6-7,15-16,18-22H2,1-5H3. The van der Waals surface area contributed by atoms with Crippen LogP contribution < -0.4 is 10.6 Å². The van der Waals surface area contributed by atoms with Crippen LogP contribution in [0, 0.1) is 16.6 Å². The van der Waals surface area contributed by atoms with Gasteiger partial charge in [-0.05, 0) is 72.5 Å². The molecule has 4 aromatic rings. The van der Waals surface area contributed by atoms with E-state index >= 15 is 4.39 Å². The average molecular weight is 733 g/mol. The van der Waals surface area contributed by atoms with Crippen molar-refractivity contribution in [1.82, 2.24) is 9.97 Å². The third-order valence-corrected chi connectivity index (χ3v) is 14.7. The van der Waals surface area contributed by atoms with Crippen molar-refractivity contribution < 1.29 is 14.0 Å². The van der Waals surface area contributed by atoms with Gasteiger partial charge in [0, 0.05) is 47.4 Å². The minimum Gasteiger partial charge on any atom is -0.342 e. The van der Waals surface area contributed by atoms with E-state index in [2.05, 4.69) is 69.5 Å². The number of carbonyl (C=O) groups is 2. The van der Waals surface area contributed by atoms with E-state index in [9.17, 15) is 9.59 Å². The lowest BCUT2D eigenvalue weighted by molar-refractivity contribution is -0.119. The number of rotatable bonds is 7. The molecule has 3 aliphatic carbocycles. The minimum absolute atomic E-state index is 0.0700. The zero-order valence-electron chi connectivity index (χ0n) is 30.5. The van der Waals surface area contributed by atoms with E-state index < -0.39 is 16.2 Å². The normalized spacial score (nSPS) is 27.7. The predicted molar refractivity (Wildman–Crippen MR) is 207 cm³/mol. The molecule has 3 atom stereocenters. The molecule has 268 valence electrons. The van der Waals surface area contributed by atoms with Gasteiger partial charge in [-0.15, -0.1) is 22.7 Å². The molecule has 9 heteroatoms. The van der Waals surface area contributed by atoms with E-state index in [4.69, 9.17) is 9.97 Å². The van der Waals surface area contributed by atoms with Crippen molar-refractivity contribution in [3.63, 3.8) is 0 Å². The quantitative estimate of drug-likeness (QED) is 0.197. The van der Waals surface area contributed by atoms with E-state index in [0.717, 1.165) is 44.0 Å². The Morgan fingerprint density at radius 2 is 1.54 bits per heavy atom. The molecule has 2 aliphatic heterocycles. The van der Waals surface area contributed by atoms with Gasteiger partial charge in [0.25, 0.3) is 0 Å². The Labute approximate surface area is 313 Å². The molecule has 2 N–H and O–H groups in total. The summed E-state index contributed by atoms with van der Waals surface area (Å²) in [5.74, 6) is 2.11. The number of halogens is 1. The maximum absolute atomic E-state index is 15.9. The first-order chi connectivity index (χ1) is 24.9. The number of allylic oxidation sites excluding steroid dienone is 4. The molecule has 0 amide bonds. The number of hydrogen-bond acceptors (Lipinski definition) is 8. The number of anilines is 2. The predicted octanol–water partition coefficient (Wildman–Crippen LogP) is 10.4. The van der Waals surface area contributed by atoms with Gasteiger partial charge in [0.05, 0.1) is 31.1 Å². The first-order valence-electron chi connectivity index (χ1n) is 18.8. The van der Waals surface area contributed by atoms with Gasteiger partial charge in [-0.1, -0.05) is 77.1 Å². The van der Waals surface area contributed by atoms with Crippen LogP contribution in [0.5, 0.6) is 0 Å². The van der Waals surface area contributed by atoms with Crippen LogP contribution in [0.3, 0.4) is 0 Å². The zero-order valence-corrected chi connectivity index (χ0v) is 32.2. The molecule has 0 radical (unpaired) electrons. The molecular weight excluding hydrogens is 688 g/mol. The number of ketones is 2. The summed E-state index contributed by atoms with van der Waals surface area (Å²) in [4.78, 5) is 40.8. The summed E-state index contributed by atoms with van der Waals surface area (Å²) in [6, 6.07) is 15.9. The monoisotopic (exact) mass is 732 g/mol. The number of benzene rings is 2. The number of nitrogens with zero attached hydrogens (tertiary/aromatic N) is 2. The fourth-order valence-corrected chi connectivity index (χ4v) is 12.6. The Morgan fingerprint density at radius 3 is 2.29 bits per heavy atom. The first kappa shape index (κ1) is 33.9. The summed E-state index contributed by atoms with van der Waals surface area (Å²) < 4.78 is 15.9. The maximum Gasteiger partial charge on any atom is 0.162 e. The smallest absolute Gasteiger partial charge is 0.162 e. The Balaban J connectivity index is 1.12. The first-order valence-corrected chi connectivity index (χ1v) is 20.5. The van der Waals surface area contributed by atoms with Crippen molar-refractivity contribution >= 4 is 45.9 Å². The number of aromatic nitrogens is 2. The molecule has 0 saturated heterocycles. The Bertz CT molecular complexity index is 2240. The van der Waals surface area contributed by atoms with Gasteiger partial charge in [0.15, 0.2) is 11.6 Å². The second-order valence-corrected chi connectivity index (χ2v) is 18.8. The fourth-order valence-electron chi connectivity index (χ4n) is 10.1. The van der Waals surface area contributed by atoms with Crippen LogP contribution in [0.25, 0.3) is 0 Å². The maximum atomic E-state index is 15.9. The lowest BCUT2D eigenvalue weighted by atomic mass is 9.61. The Kier molecular flexibility index (Phi) is 7.67. The topological polar surface area (TPSA) is 84.0 Å². The molecule has 1 fully saturated rings. The molecule has 3 unspecified atom stereocenters. The van der Waals surface area contributed by atoms with E-state index in [1.807, 2.05) is 17.6 Å². The van der Waals surface area contributed by atoms with Crippen LogP contribution in [-0.2, 0) is 26.8 Å². The highest BCUT2D eigenvalue weighted by atomic mass is 32.1. The molecular formula is C43H45FN4O2S2. The summed E-state index contributed by atoms with van der Waals surface area (Å²) >= 11 is 3.20. The van der Waals surface area contributed by atoms with Crippen molar-refractivity contribution in [3.8, 4) is 0 Å². The van der Waals surface area contributed by atoms with Gasteiger partial charge in [-0.2, -0.15) is 0 Å². The molecule has 6 nitrogen and oxygen atoms in total. The second-order valence-electron chi connectivity index (χ2n) is 16.9. The molecule has 52 heavy (non-hydrogen) atoms. The van der Waals surface area contributed by atoms with Crippen LogP contribution in [0.2, 0.25) is 0 Å². The number of nitrogens with one attached hydrogen (secondary N) is 2. The highest BCUT2D eigenvalue weighted by Crippen LogP contribution is 2.59. The van der Waals surface area contributed by atoms with Gasteiger partial charge >= 0.3 is 0 Å². The second kappa shape index (κ2) is 11.8. The lowest BCUT2D eigenvalue weighted by Crippen LogP contribution is -2.44. The number of hydrogen-bond donors (Lipinski definition) is 2. The van der Waals surface area contributed by atoms with Crippen molar-refractivity contribution in [3.05, 3.63) is 114 Å². The lowest BCUT2D eigenvalue weighted by Gasteiger charge is -2.45. The number of carbonyl (C=O) groups excluding carboxylic acids is 2. The molecule has 9 rings (SSSR count). The molecule has 4 heterocycles. The Hall–Kier alpha value is -3.95.